The van der Waals surface area contributed by atoms with Gasteiger partial charge in [0.1, 0.15) is 0 Å². The van der Waals surface area contributed by atoms with Crippen molar-refractivity contribution in [2.45, 2.75) is 47.0 Å². The molecule has 0 atom stereocenters. The molecule has 0 unspecified atom stereocenters. The molecule has 0 saturated heterocycles. The smallest absolute Gasteiger partial charge is 0.335 e. The zero-order valence-electron chi connectivity index (χ0n) is 10.4. The van der Waals surface area contributed by atoms with Crippen LogP contribution in [0.5, 0.6) is 0 Å². The molecule has 0 aliphatic carbocycles. The molecule has 0 radical (unpaired) electrons. The largest absolute Gasteiger partial charge is 0.462 e. The molecule has 3 heteroatoms. The number of ether oxygens (including phenoxy) is 1. The Labute approximate surface area is 92.9 Å². The van der Waals surface area contributed by atoms with Gasteiger partial charge in [-0.05, 0) is 26.7 Å². The molecule has 0 amide bonds. The number of unbranched alkanes of at least 4 members (excludes halogenated alkanes) is 1. The Morgan fingerprint density at radius 1 is 1.20 bits per heavy atom. The van der Waals surface area contributed by atoms with Crippen molar-refractivity contribution in [2.24, 2.45) is 0 Å². The minimum Gasteiger partial charge on any atom is -0.462 e. The molecule has 0 rings (SSSR count). The van der Waals surface area contributed by atoms with Gasteiger partial charge in [-0.25, -0.2) is 4.79 Å². The third-order valence-corrected chi connectivity index (χ3v) is 2.24. The van der Waals surface area contributed by atoms with E-state index in [9.17, 15) is 4.79 Å². The fourth-order valence-corrected chi connectivity index (χ4v) is 1.02. The van der Waals surface area contributed by atoms with Gasteiger partial charge >= 0.3 is 5.97 Å². The molecule has 0 spiro atoms. The van der Waals surface area contributed by atoms with Gasteiger partial charge in [0, 0.05) is 12.2 Å². The minimum absolute atomic E-state index is 0.204. The average molecular weight is 213 g/mol. The van der Waals surface area contributed by atoms with E-state index in [1.165, 1.54) is 0 Å². The summed E-state index contributed by atoms with van der Waals surface area (Å²) in [5.41, 5.74) is 1.60. The molecule has 0 aromatic rings. The Balaban J connectivity index is 4.03. The molecule has 0 aromatic heterocycles. The summed E-state index contributed by atoms with van der Waals surface area (Å²) in [5, 5.41) is 3.18. The maximum absolute atomic E-state index is 11.5. The van der Waals surface area contributed by atoms with Crippen LogP contribution in [-0.4, -0.2) is 19.1 Å². The predicted molar refractivity (Wildman–Crippen MR) is 62.5 cm³/mol. The van der Waals surface area contributed by atoms with Crippen LogP contribution in [0.25, 0.3) is 0 Å². The van der Waals surface area contributed by atoms with E-state index in [-0.39, 0.29) is 5.97 Å². The molecule has 0 fully saturated rings. The highest BCUT2D eigenvalue weighted by Gasteiger charge is 2.08. The lowest BCUT2D eigenvalue weighted by Gasteiger charge is -2.09. The van der Waals surface area contributed by atoms with Crippen molar-refractivity contribution in [1.82, 2.24) is 5.32 Å². The third kappa shape index (κ3) is 6.15. The summed E-state index contributed by atoms with van der Waals surface area (Å²) in [6, 6.07) is 0. The lowest BCUT2D eigenvalue weighted by atomic mass is 10.2. The van der Waals surface area contributed by atoms with Crippen LogP contribution in [0, 0.1) is 0 Å². The van der Waals surface area contributed by atoms with E-state index >= 15 is 0 Å². The van der Waals surface area contributed by atoms with E-state index in [1.54, 1.807) is 6.92 Å². The lowest BCUT2D eigenvalue weighted by Crippen LogP contribution is -2.17. The van der Waals surface area contributed by atoms with Crippen LogP contribution in [0.2, 0.25) is 0 Å². The molecule has 0 saturated carbocycles. The van der Waals surface area contributed by atoms with Crippen molar-refractivity contribution in [3.05, 3.63) is 11.3 Å². The number of allylic oxidation sites excluding steroid dienone is 1. The van der Waals surface area contributed by atoms with E-state index in [4.69, 9.17) is 4.74 Å². The van der Waals surface area contributed by atoms with Crippen molar-refractivity contribution < 1.29 is 9.53 Å². The number of hydrogen-bond acceptors (Lipinski definition) is 3. The maximum atomic E-state index is 11.5. The van der Waals surface area contributed by atoms with Crippen molar-refractivity contribution >= 4 is 5.97 Å². The van der Waals surface area contributed by atoms with Crippen molar-refractivity contribution in [3.8, 4) is 0 Å². The Hall–Kier alpha value is -0.990. The topological polar surface area (TPSA) is 38.3 Å². The van der Waals surface area contributed by atoms with Crippen LogP contribution in [0.1, 0.15) is 47.0 Å². The van der Waals surface area contributed by atoms with Gasteiger partial charge in [-0.3, -0.25) is 0 Å². The van der Waals surface area contributed by atoms with Gasteiger partial charge in [0.05, 0.1) is 12.2 Å². The summed E-state index contributed by atoms with van der Waals surface area (Å²) in [4.78, 5) is 11.5. The average Bonchev–Trinajstić information content (AvgIpc) is 2.24. The van der Waals surface area contributed by atoms with Gasteiger partial charge in [0.25, 0.3) is 0 Å². The van der Waals surface area contributed by atoms with Gasteiger partial charge in [0.2, 0.25) is 0 Å². The first-order valence-electron chi connectivity index (χ1n) is 5.71. The number of rotatable bonds is 7. The quantitative estimate of drug-likeness (QED) is 0.401. The molecule has 0 aliphatic heterocycles. The number of carbonyl (C=O) groups excluding carboxylic acids is 1. The highest BCUT2D eigenvalue weighted by molar-refractivity contribution is 5.88. The van der Waals surface area contributed by atoms with Crippen LogP contribution in [0.3, 0.4) is 0 Å². The van der Waals surface area contributed by atoms with Crippen molar-refractivity contribution in [3.63, 3.8) is 0 Å². The van der Waals surface area contributed by atoms with E-state index in [1.807, 2.05) is 6.92 Å². The SMILES string of the molecule is CCCCOC(=O)/C(C)=C(/C)NCCC. The summed E-state index contributed by atoms with van der Waals surface area (Å²) < 4.78 is 5.11. The lowest BCUT2D eigenvalue weighted by molar-refractivity contribution is -0.139. The fourth-order valence-electron chi connectivity index (χ4n) is 1.02. The molecule has 0 aliphatic rings. The number of nitrogens with one attached hydrogen (secondary N) is 1. The van der Waals surface area contributed by atoms with Gasteiger partial charge in [-0.1, -0.05) is 20.3 Å². The molecule has 3 nitrogen and oxygen atoms in total. The summed E-state index contributed by atoms with van der Waals surface area (Å²) in [7, 11) is 0. The zero-order valence-corrected chi connectivity index (χ0v) is 10.4. The molecule has 15 heavy (non-hydrogen) atoms. The molecule has 88 valence electrons. The molecule has 0 bridgehead atoms. The molecule has 0 heterocycles. The molecule has 0 aromatic carbocycles. The van der Waals surface area contributed by atoms with Crippen molar-refractivity contribution in [1.29, 1.82) is 0 Å². The first kappa shape index (κ1) is 14.0. The van der Waals surface area contributed by atoms with Crippen LogP contribution < -0.4 is 5.32 Å². The number of carbonyl (C=O) groups is 1. The second-order valence-corrected chi connectivity index (χ2v) is 3.67. The first-order chi connectivity index (χ1) is 7.13. The Kier molecular flexibility index (Phi) is 7.78. The second kappa shape index (κ2) is 8.33. The van der Waals surface area contributed by atoms with Gasteiger partial charge in [-0.15, -0.1) is 0 Å². The van der Waals surface area contributed by atoms with Crippen LogP contribution in [0.4, 0.5) is 0 Å². The Morgan fingerprint density at radius 3 is 2.40 bits per heavy atom. The highest BCUT2D eigenvalue weighted by atomic mass is 16.5. The zero-order chi connectivity index (χ0) is 11.7. The summed E-state index contributed by atoms with van der Waals surface area (Å²) in [6.45, 7) is 9.29. The highest BCUT2D eigenvalue weighted by Crippen LogP contribution is 2.03. The Morgan fingerprint density at radius 2 is 1.87 bits per heavy atom. The van der Waals surface area contributed by atoms with E-state index in [0.29, 0.717) is 12.2 Å². The summed E-state index contributed by atoms with van der Waals surface area (Å²) in [6.07, 6.45) is 3.03. The van der Waals surface area contributed by atoms with Gasteiger partial charge in [-0.2, -0.15) is 0 Å². The predicted octanol–water partition coefficient (Wildman–Crippen LogP) is 2.62. The normalized spacial score (nSPS) is 12.0. The maximum Gasteiger partial charge on any atom is 0.335 e. The van der Waals surface area contributed by atoms with Gasteiger partial charge in [0.15, 0.2) is 0 Å². The second-order valence-electron chi connectivity index (χ2n) is 3.67. The standard InChI is InChI=1S/C12H23NO2/c1-5-7-9-15-12(14)10(3)11(4)13-8-6-2/h13H,5-9H2,1-4H3/b11-10-. The van der Waals surface area contributed by atoms with E-state index in [0.717, 1.165) is 31.5 Å². The molecular weight excluding hydrogens is 190 g/mol. The third-order valence-electron chi connectivity index (χ3n) is 2.24. The van der Waals surface area contributed by atoms with E-state index < -0.39 is 0 Å². The monoisotopic (exact) mass is 213 g/mol. The minimum atomic E-state index is -0.204. The van der Waals surface area contributed by atoms with Crippen LogP contribution >= 0.6 is 0 Å². The molecule has 1 N–H and O–H groups in total. The van der Waals surface area contributed by atoms with Crippen LogP contribution in [-0.2, 0) is 9.53 Å². The van der Waals surface area contributed by atoms with Gasteiger partial charge < -0.3 is 10.1 Å². The fraction of sp³-hybridized carbons (Fsp3) is 0.750. The summed E-state index contributed by atoms with van der Waals surface area (Å²) in [5.74, 6) is -0.204. The summed E-state index contributed by atoms with van der Waals surface area (Å²) >= 11 is 0. The number of esters is 1. The van der Waals surface area contributed by atoms with Crippen molar-refractivity contribution in [2.75, 3.05) is 13.2 Å². The van der Waals surface area contributed by atoms with Crippen LogP contribution in [0.15, 0.2) is 11.3 Å². The first-order valence-corrected chi connectivity index (χ1v) is 5.71. The Bertz CT molecular complexity index is 222. The molecular formula is C12H23NO2. The van der Waals surface area contributed by atoms with E-state index in [2.05, 4.69) is 19.2 Å². The number of hydrogen-bond donors (Lipinski definition) is 1.